The molecule has 9 heteroatoms. The van der Waals surface area contributed by atoms with Gasteiger partial charge in [-0.2, -0.15) is 0 Å². The standard InChI is InChI=1S/C8H16N2O7/c9-6(8(12)13)5-7(11)16-3-1-2-4-17-10(14)15/h6,14-15H,1-5,9H2,(H,12,13). The first-order chi connectivity index (χ1) is 7.93. The van der Waals surface area contributed by atoms with E-state index < -0.39 is 23.4 Å². The Hall–Kier alpha value is -1.26. The van der Waals surface area contributed by atoms with Crippen LogP contribution in [0.2, 0.25) is 0 Å². The van der Waals surface area contributed by atoms with Crippen LogP contribution in [0.15, 0.2) is 0 Å². The van der Waals surface area contributed by atoms with Gasteiger partial charge >= 0.3 is 11.9 Å². The number of carboxylic acids is 1. The second-order valence-electron chi connectivity index (χ2n) is 3.16. The lowest BCUT2D eigenvalue weighted by molar-refractivity contribution is -0.492. The molecule has 100 valence electrons. The molecular weight excluding hydrogens is 236 g/mol. The van der Waals surface area contributed by atoms with Gasteiger partial charge in [0.25, 0.3) is 0 Å². The largest absolute Gasteiger partial charge is 0.480 e. The summed E-state index contributed by atoms with van der Waals surface area (Å²) in [6.45, 7) is 0.143. The van der Waals surface area contributed by atoms with Crippen LogP contribution < -0.4 is 5.73 Å². The SMILES string of the molecule is NC(CC(=O)OCCCCON(O)O)C(=O)O. The number of hydrogen-bond donors (Lipinski definition) is 4. The summed E-state index contributed by atoms with van der Waals surface area (Å²) in [5, 5.41) is 24.3. The van der Waals surface area contributed by atoms with Crippen molar-refractivity contribution in [2.75, 3.05) is 13.2 Å². The Morgan fingerprint density at radius 2 is 1.82 bits per heavy atom. The van der Waals surface area contributed by atoms with Crippen molar-refractivity contribution in [3.63, 3.8) is 0 Å². The minimum atomic E-state index is -1.26. The monoisotopic (exact) mass is 252 g/mol. The molecule has 0 aliphatic carbocycles. The van der Waals surface area contributed by atoms with E-state index in [9.17, 15) is 9.59 Å². The molecule has 0 aromatic carbocycles. The Balaban J connectivity index is 3.43. The van der Waals surface area contributed by atoms with Crippen molar-refractivity contribution >= 4 is 11.9 Å². The first-order valence-corrected chi connectivity index (χ1v) is 4.88. The molecule has 1 unspecified atom stereocenters. The fourth-order valence-corrected chi connectivity index (χ4v) is 0.862. The molecule has 0 bridgehead atoms. The Bertz CT molecular complexity index is 246. The van der Waals surface area contributed by atoms with Crippen LogP contribution in [0.3, 0.4) is 0 Å². The van der Waals surface area contributed by atoms with E-state index in [1.807, 2.05) is 0 Å². The van der Waals surface area contributed by atoms with E-state index in [0.29, 0.717) is 12.8 Å². The average molecular weight is 252 g/mol. The number of hydrogen-bond acceptors (Lipinski definition) is 8. The van der Waals surface area contributed by atoms with Gasteiger partial charge in [0.1, 0.15) is 6.04 Å². The molecule has 5 N–H and O–H groups in total. The normalized spacial score (nSPS) is 12.5. The van der Waals surface area contributed by atoms with Crippen LogP contribution in [0.4, 0.5) is 0 Å². The highest BCUT2D eigenvalue weighted by molar-refractivity contribution is 5.81. The number of esters is 1. The molecule has 0 saturated carbocycles. The molecule has 0 aromatic heterocycles. The molecular formula is C8H16N2O7. The third kappa shape index (κ3) is 9.66. The van der Waals surface area contributed by atoms with Crippen LogP contribution in [0.1, 0.15) is 19.3 Å². The molecule has 0 saturated heterocycles. The predicted octanol–water partition coefficient (Wildman–Crippen LogP) is -0.876. The highest BCUT2D eigenvalue weighted by Gasteiger charge is 2.16. The molecule has 0 aliphatic heterocycles. The van der Waals surface area contributed by atoms with Gasteiger partial charge in [-0.25, -0.2) is 0 Å². The number of nitrogens with two attached hydrogens (primary N) is 1. The second-order valence-corrected chi connectivity index (χ2v) is 3.16. The number of carbonyl (C=O) groups is 2. The maximum Gasteiger partial charge on any atom is 0.321 e. The summed E-state index contributed by atoms with van der Waals surface area (Å²) in [5.41, 5.74) is 5.12. The maximum absolute atomic E-state index is 11.0. The van der Waals surface area contributed by atoms with Crippen LogP contribution in [-0.2, 0) is 19.2 Å². The van der Waals surface area contributed by atoms with Crippen molar-refractivity contribution in [1.82, 2.24) is 5.39 Å². The van der Waals surface area contributed by atoms with Crippen LogP contribution >= 0.6 is 0 Å². The van der Waals surface area contributed by atoms with Gasteiger partial charge in [0.05, 0.1) is 25.0 Å². The summed E-state index contributed by atoms with van der Waals surface area (Å²) in [6, 6.07) is -1.26. The first-order valence-electron chi connectivity index (χ1n) is 4.88. The molecule has 0 amide bonds. The van der Waals surface area contributed by atoms with Crippen LogP contribution in [0.5, 0.6) is 0 Å². The Morgan fingerprint density at radius 1 is 1.24 bits per heavy atom. The molecule has 0 aromatic rings. The number of ether oxygens (including phenoxy) is 1. The fraction of sp³-hybridized carbons (Fsp3) is 0.750. The van der Waals surface area contributed by atoms with Gasteiger partial charge in [-0.05, 0) is 12.8 Å². The van der Waals surface area contributed by atoms with E-state index in [4.69, 9.17) is 26.0 Å². The van der Waals surface area contributed by atoms with E-state index >= 15 is 0 Å². The highest BCUT2D eigenvalue weighted by atomic mass is 17.1. The average Bonchev–Trinajstić information content (AvgIpc) is 2.22. The third-order valence-corrected chi connectivity index (χ3v) is 1.71. The van der Waals surface area contributed by atoms with Crippen molar-refractivity contribution < 1.29 is 34.7 Å². The smallest absolute Gasteiger partial charge is 0.321 e. The summed E-state index contributed by atoms with van der Waals surface area (Å²) in [6.07, 6.45) is 0.505. The van der Waals surface area contributed by atoms with E-state index in [1.54, 1.807) is 0 Å². The Kier molecular flexibility index (Phi) is 8.19. The summed E-state index contributed by atoms with van der Waals surface area (Å²) in [7, 11) is 0. The van der Waals surface area contributed by atoms with E-state index in [1.165, 1.54) is 0 Å². The first kappa shape index (κ1) is 15.7. The zero-order valence-corrected chi connectivity index (χ0v) is 9.11. The quantitative estimate of drug-likeness (QED) is 0.234. The van der Waals surface area contributed by atoms with Crippen molar-refractivity contribution in [3.8, 4) is 0 Å². The molecule has 17 heavy (non-hydrogen) atoms. The van der Waals surface area contributed by atoms with Gasteiger partial charge in [0.15, 0.2) is 0 Å². The van der Waals surface area contributed by atoms with Gasteiger partial charge in [-0.15, -0.1) is 0 Å². The van der Waals surface area contributed by atoms with Gasteiger partial charge in [0, 0.05) is 0 Å². The van der Waals surface area contributed by atoms with Crippen LogP contribution in [0.25, 0.3) is 0 Å². The molecule has 0 heterocycles. The summed E-state index contributed by atoms with van der Waals surface area (Å²) in [5.74, 6) is -1.95. The third-order valence-electron chi connectivity index (χ3n) is 1.71. The lowest BCUT2D eigenvalue weighted by Crippen LogP contribution is -2.33. The van der Waals surface area contributed by atoms with E-state index in [-0.39, 0.29) is 19.6 Å². The Labute approximate surface area is 97.2 Å². The molecule has 0 aliphatic rings. The summed E-state index contributed by atoms with van der Waals surface area (Å²) < 4.78 is 4.69. The topological polar surface area (TPSA) is 143 Å². The summed E-state index contributed by atoms with van der Waals surface area (Å²) in [4.78, 5) is 25.6. The molecule has 0 fully saturated rings. The van der Waals surface area contributed by atoms with Crippen molar-refractivity contribution in [3.05, 3.63) is 0 Å². The van der Waals surface area contributed by atoms with Gasteiger partial charge in [-0.1, -0.05) is 0 Å². The zero-order valence-electron chi connectivity index (χ0n) is 9.11. The number of carbonyl (C=O) groups excluding carboxylic acids is 1. The molecule has 0 spiro atoms. The number of unbranched alkanes of at least 4 members (excludes halogenated alkanes) is 1. The van der Waals surface area contributed by atoms with Crippen LogP contribution in [0, 0.1) is 0 Å². The minimum Gasteiger partial charge on any atom is -0.480 e. The van der Waals surface area contributed by atoms with Gasteiger partial charge in [0.2, 0.25) is 0 Å². The van der Waals surface area contributed by atoms with Crippen molar-refractivity contribution in [1.29, 1.82) is 0 Å². The van der Waals surface area contributed by atoms with Crippen molar-refractivity contribution in [2.24, 2.45) is 5.73 Å². The minimum absolute atomic E-state index is 0.0548. The highest BCUT2D eigenvalue weighted by Crippen LogP contribution is 1.96. The van der Waals surface area contributed by atoms with Gasteiger partial charge in [-0.3, -0.25) is 24.8 Å². The molecule has 9 nitrogen and oxygen atoms in total. The number of carboxylic acid groups (broad SMARTS) is 1. The van der Waals surface area contributed by atoms with Crippen molar-refractivity contribution in [2.45, 2.75) is 25.3 Å². The molecule has 1 atom stereocenters. The predicted molar refractivity (Wildman–Crippen MR) is 51.8 cm³/mol. The molecule has 0 radical (unpaired) electrons. The van der Waals surface area contributed by atoms with Crippen LogP contribution in [-0.4, -0.2) is 52.1 Å². The maximum atomic E-state index is 11.0. The van der Waals surface area contributed by atoms with Gasteiger partial charge < -0.3 is 15.6 Å². The lowest BCUT2D eigenvalue weighted by Gasteiger charge is -2.08. The zero-order chi connectivity index (χ0) is 13.3. The number of nitrogens with zero attached hydrogens (tertiary/aromatic N) is 1. The Morgan fingerprint density at radius 3 is 2.35 bits per heavy atom. The lowest BCUT2D eigenvalue weighted by atomic mass is 10.2. The molecule has 0 rings (SSSR count). The number of aliphatic carboxylic acids is 1. The fourth-order valence-electron chi connectivity index (χ4n) is 0.862. The van der Waals surface area contributed by atoms with E-state index in [2.05, 4.69) is 4.84 Å². The number of rotatable bonds is 9. The second kappa shape index (κ2) is 8.84. The summed E-state index contributed by atoms with van der Waals surface area (Å²) >= 11 is 0. The van der Waals surface area contributed by atoms with E-state index in [0.717, 1.165) is 0 Å².